The third-order valence-electron chi connectivity index (χ3n) is 3.99. The Bertz CT molecular complexity index is 470. The van der Waals surface area contributed by atoms with E-state index in [1.54, 1.807) is 19.0 Å². The number of aromatic nitrogens is 2. The molecule has 1 fully saturated rings. The van der Waals surface area contributed by atoms with Crippen LogP contribution in [-0.4, -0.2) is 59.5 Å². The van der Waals surface area contributed by atoms with Gasteiger partial charge in [-0.15, -0.1) is 0 Å². The van der Waals surface area contributed by atoms with Gasteiger partial charge in [-0.2, -0.15) is 0 Å². The molecule has 0 atom stereocenters. The molecule has 5 heteroatoms. The van der Waals surface area contributed by atoms with Crippen LogP contribution < -0.4 is 0 Å². The lowest BCUT2D eigenvalue weighted by atomic mass is 10.0. The van der Waals surface area contributed by atoms with E-state index in [0.717, 1.165) is 37.4 Å². The average molecular weight is 264 g/mol. The lowest BCUT2D eigenvalue weighted by molar-refractivity contribution is 0.0821. The lowest BCUT2D eigenvalue weighted by Crippen LogP contribution is -2.32. The van der Waals surface area contributed by atoms with E-state index in [1.165, 1.54) is 0 Å². The Balaban J connectivity index is 2.29. The van der Waals surface area contributed by atoms with Crippen LogP contribution in [0.25, 0.3) is 0 Å². The van der Waals surface area contributed by atoms with Gasteiger partial charge < -0.3 is 14.4 Å². The van der Waals surface area contributed by atoms with E-state index in [2.05, 4.69) is 21.5 Å². The van der Waals surface area contributed by atoms with Crippen LogP contribution in [0.1, 0.15) is 40.9 Å². The zero-order valence-corrected chi connectivity index (χ0v) is 12.6. The maximum Gasteiger partial charge on any atom is 0.273 e. The summed E-state index contributed by atoms with van der Waals surface area (Å²) in [5, 5.41) is 0. The van der Waals surface area contributed by atoms with Crippen molar-refractivity contribution < 1.29 is 4.79 Å². The molecule has 19 heavy (non-hydrogen) atoms. The number of aryl methyl sites for hydroxylation is 1. The van der Waals surface area contributed by atoms with Gasteiger partial charge in [-0.3, -0.25) is 4.79 Å². The maximum atomic E-state index is 12.1. The Hall–Kier alpha value is -1.36. The van der Waals surface area contributed by atoms with Gasteiger partial charge in [0, 0.05) is 25.8 Å². The van der Waals surface area contributed by atoms with Gasteiger partial charge in [0.25, 0.3) is 5.91 Å². The highest BCUT2D eigenvalue weighted by Gasteiger charge is 2.25. The molecule has 0 spiro atoms. The van der Waals surface area contributed by atoms with Gasteiger partial charge in [0.1, 0.15) is 11.5 Å². The summed E-state index contributed by atoms with van der Waals surface area (Å²) in [6.07, 6.45) is 2.26. The normalized spacial score (nSPS) is 17.7. The fraction of sp³-hybridized carbons (Fsp3) is 0.714. The molecule has 0 bridgehead atoms. The van der Waals surface area contributed by atoms with Crippen LogP contribution in [0.3, 0.4) is 0 Å². The van der Waals surface area contributed by atoms with Gasteiger partial charge in [-0.1, -0.05) is 0 Å². The number of carbonyl (C=O) groups is 1. The minimum atomic E-state index is -0.00715. The number of rotatable bonds is 2. The number of hydrogen-bond donors (Lipinski definition) is 0. The first-order chi connectivity index (χ1) is 8.91. The molecule has 0 saturated carbocycles. The van der Waals surface area contributed by atoms with Crippen molar-refractivity contribution in [3.05, 3.63) is 17.2 Å². The first-order valence-electron chi connectivity index (χ1n) is 6.87. The Kier molecular flexibility index (Phi) is 3.94. The van der Waals surface area contributed by atoms with Crippen LogP contribution in [0.4, 0.5) is 0 Å². The third-order valence-corrected chi connectivity index (χ3v) is 3.99. The molecule has 1 amide bonds. The highest BCUT2D eigenvalue weighted by molar-refractivity contribution is 5.93. The topological polar surface area (TPSA) is 41.4 Å². The largest absolute Gasteiger partial charge is 0.343 e. The molecule has 0 unspecified atom stereocenters. The molecule has 2 heterocycles. The Labute approximate surface area is 115 Å². The van der Waals surface area contributed by atoms with Crippen molar-refractivity contribution in [1.29, 1.82) is 0 Å². The average Bonchev–Trinajstić information content (AvgIpc) is 2.65. The van der Waals surface area contributed by atoms with Crippen LogP contribution in [-0.2, 0) is 0 Å². The number of nitrogens with zero attached hydrogens (tertiary/aromatic N) is 4. The van der Waals surface area contributed by atoms with Crippen LogP contribution >= 0.6 is 0 Å². The van der Waals surface area contributed by atoms with Crippen molar-refractivity contribution >= 4 is 5.91 Å². The molecule has 106 valence electrons. The molecule has 1 saturated heterocycles. The molecular formula is C14H24N4O. The van der Waals surface area contributed by atoms with Crippen molar-refractivity contribution in [1.82, 2.24) is 19.4 Å². The summed E-state index contributed by atoms with van der Waals surface area (Å²) in [6, 6.07) is 0.479. The quantitative estimate of drug-likeness (QED) is 0.812. The monoisotopic (exact) mass is 264 g/mol. The van der Waals surface area contributed by atoms with Crippen molar-refractivity contribution in [3.8, 4) is 0 Å². The molecule has 0 radical (unpaired) electrons. The highest BCUT2D eigenvalue weighted by atomic mass is 16.2. The van der Waals surface area contributed by atoms with E-state index in [-0.39, 0.29) is 5.91 Å². The minimum absolute atomic E-state index is 0.00715. The van der Waals surface area contributed by atoms with Crippen molar-refractivity contribution in [2.75, 3.05) is 34.2 Å². The van der Waals surface area contributed by atoms with Gasteiger partial charge >= 0.3 is 0 Å². The predicted octanol–water partition coefficient (Wildman–Crippen LogP) is 1.47. The summed E-state index contributed by atoms with van der Waals surface area (Å²) in [7, 11) is 5.70. The number of carbonyl (C=O) groups excluding carboxylic acids is 1. The number of imidazole rings is 1. The van der Waals surface area contributed by atoms with Crippen LogP contribution in [0, 0.1) is 13.8 Å². The molecule has 1 aromatic heterocycles. The maximum absolute atomic E-state index is 12.1. The fourth-order valence-corrected chi connectivity index (χ4v) is 2.86. The van der Waals surface area contributed by atoms with Crippen LogP contribution in [0.2, 0.25) is 0 Å². The molecule has 0 N–H and O–H groups in total. The van der Waals surface area contributed by atoms with Gasteiger partial charge in [-0.05, 0) is 46.8 Å². The van der Waals surface area contributed by atoms with E-state index < -0.39 is 0 Å². The zero-order valence-electron chi connectivity index (χ0n) is 12.6. The molecule has 5 nitrogen and oxygen atoms in total. The first-order valence-corrected chi connectivity index (χ1v) is 6.87. The van der Waals surface area contributed by atoms with Gasteiger partial charge in [0.2, 0.25) is 0 Å². The minimum Gasteiger partial charge on any atom is -0.343 e. The van der Waals surface area contributed by atoms with Crippen LogP contribution in [0.5, 0.6) is 0 Å². The number of amides is 1. The van der Waals surface area contributed by atoms with E-state index in [1.807, 2.05) is 13.8 Å². The molecular weight excluding hydrogens is 240 g/mol. The van der Waals surface area contributed by atoms with Crippen molar-refractivity contribution in [2.24, 2.45) is 0 Å². The smallest absolute Gasteiger partial charge is 0.273 e. The number of likely N-dealkylation sites (tertiary alicyclic amines) is 1. The first kappa shape index (κ1) is 14.1. The van der Waals surface area contributed by atoms with Gasteiger partial charge in [-0.25, -0.2) is 4.98 Å². The standard InChI is InChI=1S/C14H24N4O/c1-10-13(14(19)16(3)4)15-11(2)18(10)12-6-8-17(5)9-7-12/h12H,6-9H2,1-5H3. The third kappa shape index (κ3) is 2.66. The summed E-state index contributed by atoms with van der Waals surface area (Å²) in [4.78, 5) is 20.5. The van der Waals surface area contributed by atoms with Crippen molar-refractivity contribution in [2.45, 2.75) is 32.7 Å². The highest BCUT2D eigenvalue weighted by Crippen LogP contribution is 2.26. The van der Waals surface area contributed by atoms with Gasteiger partial charge in [0.05, 0.1) is 0 Å². The second-order valence-corrected chi connectivity index (χ2v) is 5.70. The SMILES string of the molecule is Cc1nc(C(=O)N(C)C)c(C)n1C1CCN(C)CC1. The Morgan fingerprint density at radius 3 is 2.37 bits per heavy atom. The lowest BCUT2D eigenvalue weighted by Gasteiger charge is -2.31. The summed E-state index contributed by atoms with van der Waals surface area (Å²) >= 11 is 0. The summed E-state index contributed by atoms with van der Waals surface area (Å²) < 4.78 is 2.25. The number of hydrogen-bond acceptors (Lipinski definition) is 3. The number of piperidine rings is 1. The van der Waals surface area contributed by atoms with E-state index in [0.29, 0.717) is 11.7 Å². The molecule has 2 rings (SSSR count). The van der Waals surface area contributed by atoms with Gasteiger partial charge in [0.15, 0.2) is 0 Å². The second kappa shape index (κ2) is 5.33. The summed E-state index contributed by atoms with van der Waals surface area (Å²) in [5.41, 5.74) is 1.60. The van der Waals surface area contributed by atoms with E-state index >= 15 is 0 Å². The summed E-state index contributed by atoms with van der Waals surface area (Å²) in [5.74, 6) is 0.949. The fourth-order valence-electron chi connectivity index (χ4n) is 2.86. The molecule has 1 aliphatic rings. The molecule has 1 aromatic rings. The molecule has 0 aliphatic carbocycles. The molecule has 0 aromatic carbocycles. The van der Waals surface area contributed by atoms with E-state index in [4.69, 9.17) is 0 Å². The summed E-state index contributed by atoms with van der Waals surface area (Å²) in [6.45, 7) is 6.23. The Morgan fingerprint density at radius 1 is 1.26 bits per heavy atom. The second-order valence-electron chi connectivity index (χ2n) is 5.70. The Morgan fingerprint density at radius 2 is 1.84 bits per heavy atom. The predicted molar refractivity (Wildman–Crippen MR) is 75.5 cm³/mol. The van der Waals surface area contributed by atoms with Crippen LogP contribution in [0.15, 0.2) is 0 Å². The zero-order chi connectivity index (χ0) is 14.2. The van der Waals surface area contributed by atoms with Crippen molar-refractivity contribution in [3.63, 3.8) is 0 Å². The van der Waals surface area contributed by atoms with E-state index in [9.17, 15) is 4.79 Å². The molecule has 1 aliphatic heterocycles.